The Morgan fingerprint density at radius 2 is 1.81 bits per heavy atom. The van der Waals surface area contributed by atoms with Crippen LogP contribution in [0.5, 0.6) is 5.75 Å². The average molecular weight is 315 g/mol. The van der Waals surface area contributed by atoms with E-state index >= 15 is 0 Å². The van der Waals surface area contributed by atoms with Crippen LogP contribution in [0.25, 0.3) is 11.1 Å². The number of hydrogen-bond donors (Lipinski definition) is 0. The Balaban J connectivity index is 2.53. The lowest BCUT2D eigenvalue weighted by molar-refractivity contribution is -0.274. The van der Waals surface area contributed by atoms with Crippen LogP contribution in [0.15, 0.2) is 36.4 Å². The van der Waals surface area contributed by atoms with Gasteiger partial charge in [-0.3, -0.25) is 0 Å². The number of terminal acetylenes is 1. The summed E-state index contributed by atoms with van der Waals surface area (Å²) in [5.41, 5.74) is 0.378. The fourth-order valence-electron chi connectivity index (χ4n) is 1.75. The Morgan fingerprint density at radius 3 is 2.38 bits per heavy atom. The first-order valence-electron chi connectivity index (χ1n) is 5.61. The third-order valence-electron chi connectivity index (χ3n) is 2.55. The lowest BCUT2D eigenvalue weighted by Gasteiger charge is -2.12. The molecule has 0 fully saturated rings. The summed E-state index contributed by atoms with van der Waals surface area (Å²) in [5.74, 6) is 1.01. The van der Waals surface area contributed by atoms with E-state index in [1.165, 1.54) is 18.2 Å². The first-order chi connectivity index (χ1) is 9.78. The van der Waals surface area contributed by atoms with Crippen LogP contribution in [-0.4, -0.2) is 6.36 Å². The monoisotopic (exact) mass is 314 g/mol. The lowest BCUT2D eigenvalue weighted by atomic mass is 10.0. The van der Waals surface area contributed by atoms with Crippen molar-refractivity contribution in [1.82, 2.24) is 0 Å². The highest BCUT2D eigenvalue weighted by atomic mass is 35.5. The van der Waals surface area contributed by atoms with Gasteiger partial charge in [-0.05, 0) is 42.0 Å². The topological polar surface area (TPSA) is 9.23 Å². The molecular weight excluding hydrogens is 308 g/mol. The van der Waals surface area contributed by atoms with Crippen molar-refractivity contribution in [1.29, 1.82) is 0 Å². The van der Waals surface area contributed by atoms with Crippen molar-refractivity contribution < 1.29 is 22.3 Å². The van der Waals surface area contributed by atoms with Gasteiger partial charge in [0.2, 0.25) is 0 Å². The molecule has 0 aliphatic rings. The van der Waals surface area contributed by atoms with E-state index in [1.54, 1.807) is 0 Å². The van der Waals surface area contributed by atoms with E-state index in [4.69, 9.17) is 18.0 Å². The smallest absolute Gasteiger partial charge is 0.406 e. The summed E-state index contributed by atoms with van der Waals surface area (Å²) in [6.45, 7) is 0. The Labute approximate surface area is 123 Å². The molecule has 0 amide bonds. The lowest BCUT2D eigenvalue weighted by Crippen LogP contribution is -2.17. The third-order valence-corrected chi connectivity index (χ3v) is 2.78. The van der Waals surface area contributed by atoms with Gasteiger partial charge in [0.05, 0.1) is 0 Å². The molecular formula is C15H7ClF4O. The number of benzene rings is 2. The summed E-state index contributed by atoms with van der Waals surface area (Å²) in [7, 11) is 0. The summed E-state index contributed by atoms with van der Waals surface area (Å²) < 4.78 is 54.5. The second-order valence-corrected chi connectivity index (χ2v) is 4.50. The van der Waals surface area contributed by atoms with E-state index < -0.39 is 17.9 Å². The largest absolute Gasteiger partial charge is 0.573 e. The number of halogens is 5. The minimum absolute atomic E-state index is 0.0727. The summed E-state index contributed by atoms with van der Waals surface area (Å²) >= 11 is 5.64. The number of ether oxygens (including phenoxy) is 1. The molecule has 21 heavy (non-hydrogen) atoms. The fraction of sp³-hybridized carbons (Fsp3) is 0.0667. The van der Waals surface area contributed by atoms with Gasteiger partial charge in [0.25, 0.3) is 0 Å². The van der Waals surface area contributed by atoms with Crippen LogP contribution in [0.1, 0.15) is 5.56 Å². The second-order valence-electron chi connectivity index (χ2n) is 4.06. The molecule has 0 atom stereocenters. The van der Waals surface area contributed by atoms with Crippen LogP contribution >= 0.6 is 11.6 Å². The van der Waals surface area contributed by atoms with Gasteiger partial charge in [-0.1, -0.05) is 17.5 Å². The molecule has 2 aromatic rings. The van der Waals surface area contributed by atoms with Gasteiger partial charge in [-0.15, -0.1) is 19.6 Å². The summed E-state index contributed by atoms with van der Waals surface area (Å²) in [6, 6.07) is 7.32. The maximum absolute atomic E-state index is 13.8. The van der Waals surface area contributed by atoms with Crippen LogP contribution in [0, 0.1) is 18.2 Å². The van der Waals surface area contributed by atoms with Gasteiger partial charge in [0.15, 0.2) is 0 Å². The zero-order valence-electron chi connectivity index (χ0n) is 10.3. The van der Waals surface area contributed by atoms with Crippen molar-refractivity contribution >= 4 is 11.6 Å². The zero-order chi connectivity index (χ0) is 15.6. The summed E-state index contributed by atoms with van der Waals surface area (Å²) in [4.78, 5) is 0. The SMILES string of the molecule is C#Cc1cc(OC(F)(F)F)cc(-c2ccc(Cl)cc2F)c1. The predicted molar refractivity (Wildman–Crippen MR) is 71.5 cm³/mol. The molecule has 2 aromatic carbocycles. The number of rotatable bonds is 2. The van der Waals surface area contributed by atoms with Gasteiger partial charge in [-0.25, -0.2) is 4.39 Å². The molecule has 6 heteroatoms. The molecule has 108 valence electrons. The third kappa shape index (κ3) is 3.89. The van der Waals surface area contributed by atoms with Crippen molar-refractivity contribution in [3.05, 3.63) is 52.8 Å². The Bertz CT molecular complexity index is 717. The molecule has 0 heterocycles. The van der Waals surface area contributed by atoms with E-state index in [0.717, 1.165) is 18.2 Å². The molecule has 0 bridgehead atoms. The fourth-order valence-corrected chi connectivity index (χ4v) is 1.91. The molecule has 0 aromatic heterocycles. The molecule has 0 aliphatic carbocycles. The van der Waals surface area contributed by atoms with Gasteiger partial charge < -0.3 is 4.74 Å². The Kier molecular flexibility index (Phi) is 4.10. The van der Waals surface area contributed by atoms with Crippen molar-refractivity contribution in [2.75, 3.05) is 0 Å². The van der Waals surface area contributed by atoms with Crippen molar-refractivity contribution in [2.45, 2.75) is 6.36 Å². The van der Waals surface area contributed by atoms with Crippen LogP contribution < -0.4 is 4.74 Å². The van der Waals surface area contributed by atoms with Crippen molar-refractivity contribution in [2.24, 2.45) is 0 Å². The van der Waals surface area contributed by atoms with E-state index in [9.17, 15) is 17.6 Å². The maximum Gasteiger partial charge on any atom is 0.573 e. The molecule has 0 spiro atoms. The Hall–Kier alpha value is -2.19. The molecule has 0 N–H and O–H groups in total. The van der Waals surface area contributed by atoms with E-state index in [1.807, 2.05) is 0 Å². The molecule has 0 unspecified atom stereocenters. The average Bonchev–Trinajstić information content (AvgIpc) is 2.36. The van der Waals surface area contributed by atoms with E-state index in [0.29, 0.717) is 0 Å². The summed E-state index contributed by atoms with van der Waals surface area (Å²) in [6.07, 6.45) is 0.332. The quantitative estimate of drug-likeness (QED) is 0.558. The predicted octanol–water partition coefficient (Wildman–Crippen LogP) is 5.03. The molecule has 0 radical (unpaired) electrons. The highest BCUT2D eigenvalue weighted by Crippen LogP contribution is 2.31. The van der Waals surface area contributed by atoms with Gasteiger partial charge in [0.1, 0.15) is 11.6 Å². The van der Waals surface area contributed by atoms with Crippen LogP contribution in [0.3, 0.4) is 0 Å². The van der Waals surface area contributed by atoms with E-state index in [2.05, 4.69) is 10.7 Å². The number of hydrogen-bond acceptors (Lipinski definition) is 1. The Morgan fingerprint density at radius 1 is 1.10 bits per heavy atom. The minimum atomic E-state index is -4.86. The van der Waals surface area contributed by atoms with Gasteiger partial charge in [-0.2, -0.15) is 0 Å². The van der Waals surface area contributed by atoms with Crippen LogP contribution in [0.2, 0.25) is 5.02 Å². The second kappa shape index (κ2) is 5.66. The molecule has 1 nitrogen and oxygen atoms in total. The molecule has 0 saturated heterocycles. The number of alkyl halides is 3. The maximum atomic E-state index is 13.8. The van der Waals surface area contributed by atoms with Gasteiger partial charge >= 0.3 is 6.36 Å². The van der Waals surface area contributed by atoms with Crippen LogP contribution in [0.4, 0.5) is 17.6 Å². The molecule has 0 aliphatic heterocycles. The highest BCUT2D eigenvalue weighted by molar-refractivity contribution is 6.30. The van der Waals surface area contributed by atoms with Gasteiger partial charge in [0, 0.05) is 16.1 Å². The van der Waals surface area contributed by atoms with Crippen molar-refractivity contribution in [3.63, 3.8) is 0 Å². The molecule has 2 rings (SSSR count). The minimum Gasteiger partial charge on any atom is -0.406 e. The normalized spacial score (nSPS) is 11.0. The first-order valence-corrected chi connectivity index (χ1v) is 5.99. The first kappa shape index (κ1) is 15.2. The summed E-state index contributed by atoms with van der Waals surface area (Å²) in [5, 5.41) is 0.177. The highest BCUT2D eigenvalue weighted by Gasteiger charge is 2.31. The molecule has 0 saturated carbocycles. The standard InChI is InChI=1S/C15H7ClF4O/c1-2-9-5-10(7-12(6-9)21-15(18,19)20)13-4-3-11(16)8-14(13)17/h1,3-8H. The van der Waals surface area contributed by atoms with Crippen molar-refractivity contribution in [3.8, 4) is 29.2 Å². The van der Waals surface area contributed by atoms with Crippen LogP contribution in [-0.2, 0) is 0 Å². The van der Waals surface area contributed by atoms with E-state index in [-0.39, 0.29) is 21.7 Å². The zero-order valence-corrected chi connectivity index (χ0v) is 11.1.